The van der Waals surface area contributed by atoms with Crippen molar-refractivity contribution in [3.63, 3.8) is 0 Å². The molecule has 6 nitrogen and oxygen atoms in total. The molecule has 2 aromatic rings. The lowest BCUT2D eigenvalue weighted by Gasteiger charge is -2.17. The first-order valence-electron chi connectivity index (χ1n) is 8.25. The summed E-state index contributed by atoms with van der Waals surface area (Å²) in [7, 11) is 0.321. The van der Waals surface area contributed by atoms with Gasteiger partial charge in [-0.1, -0.05) is 12.1 Å². The molecular formula is C19H24N2O4S. The highest BCUT2D eigenvalue weighted by molar-refractivity contribution is 7.85. The van der Waals surface area contributed by atoms with E-state index in [2.05, 4.69) is 5.32 Å². The van der Waals surface area contributed by atoms with Crippen LogP contribution in [0.1, 0.15) is 12.5 Å². The maximum atomic E-state index is 12.3. The molecule has 0 radical (unpaired) electrons. The van der Waals surface area contributed by atoms with Crippen molar-refractivity contribution >= 4 is 16.7 Å². The van der Waals surface area contributed by atoms with Crippen molar-refractivity contribution in [1.82, 2.24) is 5.32 Å². The average molecular weight is 376 g/mol. The molecule has 1 amide bonds. The van der Waals surface area contributed by atoms with Crippen molar-refractivity contribution in [2.45, 2.75) is 30.3 Å². The normalized spacial score (nSPS) is 14.3. The third-order valence-corrected chi connectivity index (χ3v) is 5.44. The minimum Gasteiger partial charge on any atom is -0.508 e. The molecule has 0 heterocycles. The fourth-order valence-electron chi connectivity index (χ4n) is 2.42. The largest absolute Gasteiger partial charge is 0.508 e. The van der Waals surface area contributed by atoms with Gasteiger partial charge < -0.3 is 20.9 Å². The Morgan fingerprint density at radius 3 is 2.38 bits per heavy atom. The Bertz CT molecular complexity index is 747. The van der Waals surface area contributed by atoms with Crippen LogP contribution in [-0.2, 0) is 22.0 Å². The van der Waals surface area contributed by atoms with E-state index in [1.54, 1.807) is 26.2 Å². The summed E-state index contributed by atoms with van der Waals surface area (Å²) >= 11 is 0. The van der Waals surface area contributed by atoms with Crippen molar-refractivity contribution in [2.75, 3.05) is 12.9 Å². The third-order valence-electron chi connectivity index (χ3n) is 3.84. The second kappa shape index (κ2) is 9.35. The molecule has 2 rings (SSSR count). The van der Waals surface area contributed by atoms with E-state index in [1.165, 1.54) is 12.1 Å². The van der Waals surface area contributed by atoms with Crippen LogP contribution in [0.15, 0.2) is 53.4 Å². The Morgan fingerprint density at radius 2 is 1.81 bits per heavy atom. The van der Waals surface area contributed by atoms with Gasteiger partial charge in [0, 0.05) is 16.7 Å². The highest BCUT2D eigenvalue weighted by Crippen LogP contribution is 2.14. The van der Waals surface area contributed by atoms with Gasteiger partial charge in [-0.2, -0.15) is 0 Å². The molecule has 3 atom stereocenters. The van der Waals surface area contributed by atoms with E-state index in [9.17, 15) is 14.1 Å². The van der Waals surface area contributed by atoms with Crippen LogP contribution in [0.25, 0.3) is 0 Å². The molecule has 0 aliphatic heterocycles. The monoisotopic (exact) mass is 376 g/mol. The Morgan fingerprint density at radius 1 is 1.19 bits per heavy atom. The number of carbonyl (C=O) groups is 1. The SMILES string of the molecule is COc1ccc(C[C@H](N)C(=O)N[C@H](C)CS(=O)c2ccc(O)cc2)cc1. The zero-order valence-corrected chi connectivity index (χ0v) is 15.7. The maximum Gasteiger partial charge on any atom is 0.237 e. The van der Waals surface area contributed by atoms with E-state index in [0.29, 0.717) is 11.3 Å². The van der Waals surface area contributed by atoms with Gasteiger partial charge in [0.2, 0.25) is 5.91 Å². The number of hydrogen-bond acceptors (Lipinski definition) is 5. The molecule has 0 aromatic heterocycles. The summed E-state index contributed by atoms with van der Waals surface area (Å²) in [5.41, 5.74) is 6.92. The van der Waals surface area contributed by atoms with E-state index < -0.39 is 16.8 Å². The van der Waals surface area contributed by atoms with Crippen molar-refractivity contribution in [3.05, 3.63) is 54.1 Å². The molecule has 0 spiro atoms. The van der Waals surface area contributed by atoms with Gasteiger partial charge in [0.05, 0.1) is 24.0 Å². The predicted octanol–water partition coefficient (Wildman–Crippen LogP) is 1.58. The van der Waals surface area contributed by atoms with Gasteiger partial charge in [-0.05, 0) is 55.3 Å². The molecule has 0 saturated heterocycles. The van der Waals surface area contributed by atoms with E-state index in [1.807, 2.05) is 24.3 Å². The number of benzene rings is 2. The fraction of sp³-hybridized carbons (Fsp3) is 0.316. The zero-order chi connectivity index (χ0) is 19.1. The van der Waals surface area contributed by atoms with E-state index in [-0.39, 0.29) is 23.5 Å². The molecule has 0 saturated carbocycles. The van der Waals surface area contributed by atoms with Gasteiger partial charge in [-0.25, -0.2) is 0 Å². The number of phenolic OH excluding ortho intramolecular Hbond substituents is 1. The van der Waals surface area contributed by atoms with Crippen molar-refractivity contribution in [3.8, 4) is 11.5 Å². The Hall–Kier alpha value is -2.38. The molecule has 26 heavy (non-hydrogen) atoms. The number of hydrogen-bond donors (Lipinski definition) is 3. The molecule has 0 aliphatic rings. The van der Waals surface area contributed by atoms with Gasteiger partial charge in [-0.15, -0.1) is 0 Å². The lowest BCUT2D eigenvalue weighted by atomic mass is 10.1. The topological polar surface area (TPSA) is 102 Å². The first-order chi connectivity index (χ1) is 12.4. The van der Waals surface area contributed by atoms with Crippen LogP contribution in [0.3, 0.4) is 0 Å². The van der Waals surface area contributed by atoms with Gasteiger partial charge in [0.25, 0.3) is 0 Å². The van der Waals surface area contributed by atoms with Crippen LogP contribution in [0.4, 0.5) is 0 Å². The molecule has 7 heteroatoms. The molecule has 4 N–H and O–H groups in total. The third kappa shape index (κ3) is 5.86. The number of rotatable bonds is 8. The number of nitrogens with two attached hydrogens (primary N) is 1. The van der Waals surface area contributed by atoms with Crippen LogP contribution >= 0.6 is 0 Å². The van der Waals surface area contributed by atoms with Crippen molar-refractivity contribution < 1.29 is 18.8 Å². The van der Waals surface area contributed by atoms with Crippen molar-refractivity contribution in [1.29, 1.82) is 0 Å². The van der Waals surface area contributed by atoms with Crippen molar-refractivity contribution in [2.24, 2.45) is 5.73 Å². The Balaban J connectivity index is 1.84. The zero-order valence-electron chi connectivity index (χ0n) is 14.8. The van der Waals surface area contributed by atoms with Crippen LogP contribution < -0.4 is 15.8 Å². The molecular weight excluding hydrogens is 352 g/mol. The van der Waals surface area contributed by atoms with Crippen LogP contribution in [0.5, 0.6) is 11.5 Å². The lowest BCUT2D eigenvalue weighted by Crippen LogP contribution is -2.47. The van der Waals surface area contributed by atoms with Gasteiger partial charge in [0.15, 0.2) is 0 Å². The number of amides is 1. The van der Waals surface area contributed by atoms with Crippen LogP contribution in [-0.4, -0.2) is 40.2 Å². The first kappa shape index (κ1) is 19.9. The highest BCUT2D eigenvalue weighted by atomic mass is 32.2. The van der Waals surface area contributed by atoms with Crippen LogP contribution in [0, 0.1) is 0 Å². The molecule has 0 fully saturated rings. The maximum absolute atomic E-state index is 12.3. The summed E-state index contributed by atoms with van der Waals surface area (Å²) in [6.07, 6.45) is 0.406. The number of phenols is 1. The van der Waals surface area contributed by atoms with Gasteiger partial charge >= 0.3 is 0 Å². The lowest BCUT2D eigenvalue weighted by molar-refractivity contribution is -0.122. The van der Waals surface area contributed by atoms with E-state index in [4.69, 9.17) is 10.5 Å². The smallest absolute Gasteiger partial charge is 0.237 e. The number of methoxy groups -OCH3 is 1. The minimum atomic E-state index is -1.27. The summed E-state index contributed by atoms with van der Waals surface area (Å²) in [6.45, 7) is 1.79. The first-order valence-corrected chi connectivity index (χ1v) is 9.57. The Kier molecular flexibility index (Phi) is 7.17. The molecule has 0 bridgehead atoms. The molecule has 140 valence electrons. The second-order valence-electron chi connectivity index (χ2n) is 6.07. The standard InChI is InChI=1S/C19H24N2O4S/c1-13(12-26(24)17-9-5-15(22)6-10-17)21-19(23)18(20)11-14-3-7-16(25-2)8-4-14/h3-10,13,18,22H,11-12,20H2,1-2H3,(H,21,23)/t13-,18+,26?/m1/s1. The van der Waals surface area contributed by atoms with E-state index >= 15 is 0 Å². The number of carbonyl (C=O) groups excluding carboxylic acids is 1. The molecule has 0 aliphatic carbocycles. The number of aromatic hydroxyl groups is 1. The molecule has 2 aromatic carbocycles. The minimum absolute atomic E-state index is 0.122. The summed E-state index contributed by atoms with van der Waals surface area (Å²) < 4.78 is 17.4. The van der Waals surface area contributed by atoms with Crippen LogP contribution in [0.2, 0.25) is 0 Å². The van der Waals surface area contributed by atoms with E-state index in [0.717, 1.165) is 11.3 Å². The predicted molar refractivity (Wildman–Crippen MR) is 102 cm³/mol. The van der Waals surface area contributed by atoms with Gasteiger partial charge in [-0.3, -0.25) is 9.00 Å². The average Bonchev–Trinajstić information content (AvgIpc) is 2.62. The quantitative estimate of drug-likeness (QED) is 0.649. The summed E-state index contributed by atoms with van der Waals surface area (Å²) in [5.74, 6) is 0.857. The summed E-state index contributed by atoms with van der Waals surface area (Å²) in [4.78, 5) is 12.9. The summed E-state index contributed by atoms with van der Waals surface area (Å²) in [5, 5.41) is 12.1. The van der Waals surface area contributed by atoms with Gasteiger partial charge in [0.1, 0.15) is 11.5 Å². The summed E-state index contributed by atoms with van der Waals surface area (Å²) in [6, 6.07) is 12.6. The molecule has 1 unspecified atom stereocenters. The highest BCUT2D eigenvalue weighted by Gasteiger charge is 2.18. The Labute approximate surface area is 155 Å². The second-order valence-corrected chi connectivity index (χ2v) is 7.57. The number of nitrogens with one attached hydrogen (secondary N) is 1. The number of ether oxygens (including phenoxy) is 1. The fourth-order valence-corrected chi connectivity index (χ4v) is 3.59.